The Kier molecular flexibility index (Phi) is 6.18. The Morgan fingerprint density at radius 1 is 1.03 bits per heavy atom. The van der Waals surface area contributed by atoms with E-state index in [1.54, 1.807) is 4.57 Å². The molecule has 3 heterocycles. The van der Waals surface area contributed by atoms with E-state index >= 15 is 0 Å². The van der Waals surface area contributed by atoms with Gasteiger partial charge in [0.25, 0.3) is 5.56 Å². The van der Waals surface area contributed by atoms with Crippen molar-refractivity contribution in [1.29, 1.82) is 0 Å². The van der Waals surface area contributed by atoms with Crippen molar-refractivity contribution in [1.82, 2.24) is 14.1 Å². The number of halogens is 1. The van der Waals surface area contributed by atoms with E-state index in [0.717, 1.165) is 5.69 Å². The summed E-state index contributed by atoms with van der Waals surface area (Å²) in [4.78, 5) is 18.7. The third-order valence-electron chi connectivity index (χ3n) is 5.71. The largest absolute Gasteiger partial charge is 0.467 e. The van der Waals surface area contributed by atoms with Gasteiger partial charge in [0.2, 0.25) is 0 Å². The molecule has 0 radical (unpaired) electrons. The molecular weight excluding hydrogens is 518 g/mol. The molecule has 0 unspecified atom stereocenters. The number of rotatable bonds is 5. The zero-order chi connectivity index (χ0) is 24.6. The van der Waals surface area contributed by atoms with E-state index in [4.69, 9.17) is 26.7 Å². The Balaban J connectivity index is 1.52. The van der Waals surface area contributed by atoms with Crippen LogP contribution in [-0.4, -0.2) is 20.9 Å². The Morgan fingerprint density at radius 2 is 1.72 bits per heavy atom. The molecule has 1 aliphatic rings. The second-order valence-electron chi connectivity index (χ2n) is 8.01. The molecule has 5 aromatic rings. The normalized spacial score (nSPS) is 12.9. The summed E-state index contributed by atoms with van der Waals surface area (Å²) in [5, 5.41) is 0.473. The lowest BCUT2D eigenvalue weighted by molar-refractivity contribution is -0.0171. The van der Waals surface area contributed by atoms with Crippen LogP contribution in [-0.2, 0) is 17.1 Å². The highest BCUT2D eigenvalue weighted by Gasteiger charge is 2.21. The number of hydrogen-bond acceptors (Lipinski definition) is 7. The van der Waals surface area contributed by atoms with E-state index in [-0.39, 0.29) is 24.8 Å². The van der Waals surface area contributed by atoms with Crippen molar-refractivity contribution in [3.63, 3.8) is 0 Å². The van der Waals surface area contributed by atoms with Crippen LogP contribution in [0, 0.1) is 9.77 Å². The van der Waals surface area contributed by atoms with E-state index in [2.05, 4.69) is 0 Å². The Labute approximate surface area is 218 Å². The highest BCUT2D eigenvalue weighted by molar-refractivity contribution is 7.98. The number of nitrogens with zero attached hydrogens (tertiary/aromatic N) is 3. The van der Waals surface area contributed by atoms with Crippen LogP contribution >= 0.6 is 35.3 Å². The number of benzene rings is 3. The van der Waals surface area contributed by atoms with Gasteiger partial charge in [-0.3, -0.25) is 13.9 Å². The van der Waals surface area contributed by atoms with Gasteiger partial charge < -0.3 is 9.47 Å². The number of aromatic nitrogens is 3. The van der Waals surface area contributed by atoms with Gasteiger partial charge in [0.05, 0.1) is 12.3 Å². The Bertz CT molecular complexity index is 1700. The number of thiazole rings is 1. The molecule has 0 amide bonds. The quantitative estimate of drug-likeness (QED) is 0.150. The predicted octanol–water partition coefficient (Wildman–Crippen LogP) is 6.27. The van der Waals surface area contributed by atoms with Crippen molar-refractivity contribution in [3.8, 4) is 17.1 Å². The summed E-state index contributed by atoms with van der Waals surface area (Å²) in [6, 6.07) is 21.8. The third kappa shape index (κ3) is 4.16. The summed E-state index contributed by atoms with van der Waals surface area (Å²) in [5.74, 6) is 0.603. The maximum absolute atomic E-state index is 14.3. The van der Waals surface area contributed by atoms with Crippen molar-refractivity contribution >= 4 is 45.7 Å². The average molecular weight is 536 g/mol. The summed E-state index contributed by atoms with van der Waals surface area (Å²) in [6.07, 6.45) is 0. The lowest BCUT2D eigenvalue weighted by Gasteiger charge is -2.21. The van der Waals surface area contributed by atoms with E-state index in [9.17, 15) is 9.18 Å². The van der Waals surface area contributed by atoms with Crippen molar-refractivity contribution in [2.75, 3.05) is 6.79 Å². The van der Waals surface area contributed by atoms with Crippen LogP contribution in [0.4, 0.5) is 4.39 Å². The van der Waals surface area contributed by atoms with E-state index < -0.39 is 0 Å². The van der Waals surface area contributed by atoms with Gasteiger partial charge >= 0.3 is 0 Å². The fourth-order valence-corrected chi connectivity index (χ4v) is 6.42. The van der Waals surface area contributed by atoms with Crippen LogP contribution in [0.5, 0.6) is 5.75 Å². The lowest BCUT2D eigenvalue weighted by Crippen LogP contribution is -2.21. The molecule has 0 N–H and O–H groups in total. The molecule has 0 spiro atoms. The van der Waals surface area contributed by atoms with Gasteiger partial charge in [-0.25, -0.2) is 9.37 Å². The van der Waals surface area contributed by atoms with Gasteiger partial charge in [-0.15, -0.1) is 0 Å². The molecule has 1 aliphatic heterocycles. The molecule has 0 atom stereocenters. The van der Waals surface area contributed by atoms with E-state index in [0.29, 0.717) is 47.8 Å². The molecule has 6 rings (SSSR count). The minimum absolute atomic E-state index is 0.114. The summed E-state index contributed by atoms with van der Waals surface area (Å²) in [5.41, 5.74) is 3.17. The molecule has 180 valence electrons. The number of para-hydroxylation sites is 2. The molecule has 36 heavy (non-hydrogen) atoms. The zero-order valence-electron chi connectivity index (χ0n) is 18.7. The van der Waals surface area contributed by atoms with Gasteiger partial charge in [0, 0.05) is 22.6 Å². The molecule has 0 saturated heterocycles. The Morgan fingerprint density at radius 3 is 2.44 bits per heavy atom. The molecular formula is C26H18FN3O3S3. The number of thioether (sulfide) groups is 1. The maximum atomic E-state index is 14.3. The topological polar surface area (TPSA) is 58.3 Å². The van der Waals surface area contributed by atoms with Crippen molar-refractivity contribution < 1.29 is 13.9 Å². The molecule has 6 nitrogen and oxygen atoms in total. The SMILES string of the molecule is O=c1c2sc(=S)n(-c3ccccc3)c2nc(SCc2cc(F)cc3c2OCOC3)n1-c1ccccc1. The molecule has 2 aromatic heterocycles. The maximum Gasteiger partial charge on any atom is 0.278 e. The van der Waals surface area contributed by atoms with Crippen LogP contribution in [0.1, 0.15) is 11.1 Å². The minimum Gasteiger partial charge on any atom is -0.467 e. The van der Waals surface area contributed by atoms with Crippen LogP contribution in [0.2, 0.25) is 0 Å². The highest BCUT2D eigenvalue weighted by Crippen LogP contribution is 2.35. The van der Waals surface area contributed by atoms with Gasteiger partial charge in [-0.2, -0.15) is 0 Å². The smallest absolute Gasteiger partial charge is 0.278 e. The Hall–Kier alpha value is -3.31. The predicted molar refractivity (Wildman–Crippen MR) is 142 cm³/mol. The third-order valence-corrected chi connectivity index (χ3v) is 8.05. The van der Waals surface area contributed by atoms with Crippen LogP contribution in [0.3, 0.4) is 0 Å². The van der Waals surface area contributed by atoms with Crippen molar-refractivity contribution in [2.24, 2.45) is 0 Å². The second kappa shape index (κ2) is 9.62. The summed E-state index contributed by atoms with van der Waals surface area (Å²) < 4.78 is 29.7. The fraction of sp³-hybridized carbons (Fsp3) is 0.115. The van der Waals surface area contributed by atoms with Gasteiger partial charge in [-0.05, 0) is 48.6 Å². The van der Waals surface area contributed by atoms with Gasteiger partial charge in [0.1, 0.15) is 16.3 Å². The number of hydrogen-bond donors (Lipinski definition) is 0. The summed E-state index contributed by atoms with van der Waals surface area (Å²) in [7, 11) is 0. The van der Waals surface area contributed by atoms with Crippen LogP contribution in [0.15, 0.2) is 82.7 Å². The fourth-order valence-electron chi connectivity index (χ4n) is 4.15. The summed E-state index contributed by atoms with van der Waals surface area (Å²) in [6.45, 7) is 0.403. The average Bonchev–Trinajstić information content (AvgIpc) is 3.24. The second-order valence-corrected chi connectivity index (χ2v) is 10.6. The monoisotopic (exact) mass is 535 g/mol. The standard InChI is InChI=1S/C26H18FN3O3S3/c27-18-11-16-13-32-15-33-21(16)17(12-18)14-35-25-28-23-22(24(31)30(25)20-9-5-2-6-10-20)36-26(34)29(23)19-7-3-1-4-8-19/h1-12H,13-15H2. The first-order valence-electron chi connectivity index (χ1n) is 11.0. The lowest BCUT2D eigenvalue weighted by atomic mass is 10.1. The summed E-state index contributed by atoms with van der Waals surface area (Å²) >= 11 is 8.22. The first-order chi connectivity index (χ1) is 17.6. The molecule has 3 aromatic carbocycles. The highest BCUT2D eigenvalue weighted by atomic mass is 32.2. The van der Waals surface area contributed by atoms with E-state index in [1.807, 2.05) is 65.2 Å². The first-order valence-corrected chi connectivity index (χ1v) is 13.3. The minimum atomic E-state index is -0.363. The van der Waals surface area contributed by atoms with Crippen LogP contribution < -0.4 is 10.3 Å². The molecule has 0 fully saturated rings. The first kappa shape index (κ1) is 23.1. The van der Waals surface area contributed by atoms with Crippen molar-refractivity contribution in [3.05, 3.63) is 104 Å². The molecule has 10 heteroatoms. The molecule has 0 saturated carbocycles. The number of fused-ring (bicyclic) bond motifs is 2. The number of ether oxygens (including phenoxy) is 2. The van der Waals surface area contributed by atoms with Crippen LogP contribution in [0.25, 0.3) is 21.7 Å². The van der Waals surface area contributed by atoms with Crippen molar-refractivity contribution in [2.45, 2.75) is 17.5 Å². The van der Waals surface area contributed by atoms with Gasteiger partial charge in [0.15, 0.2) is 21.6 Å². The zero-order valence-corrected chi connectivity index (χ0v) is 21.2. The molecule has 0 bridgehead atoms. The molecule has 0 aliphatic carbocycles. The van der Waals surface area contributed by atoms with E-state index in [1.165, 1.54) is 35.2 Å². The van der Waals surface area contributed by atoms with Gasteiger partial charge in [-0.1, -0.05) is 59.5 Å².